The van der Waals surface area contributed by atoms with E-state index in [9.17, 15) is 0 Å². The van der Waals surface area contributed by atoms with E-state index in [0.29, 0.717) is 10.8 Å². The van der Waals surface area contributed by atoms with Crippen molar-refractivity contribution < 1.29 is 4.42 Å². The first-order valence-electron chi connectivity index (χ1n) is 9.75. The molecule has 0 aliphatic carbocycles. The van der Waals surface area contributed by atoms with Crippen LogP contribution in [0.4, 0.5) is 5.69 Å². The number of H-pyrrole nitrogens is 1. The largest absolute Gasteiger partial charge is 0.468 e. The molecule has 6 nitrogen and oxygen atoms in total. The molecule has 0 aliphatic heterocycles. The summed E-state index contributed by atoms with van der Waals surface area (Å²) < 4.78 is 5.36. The highest BCUT2D eigenvalue weighted by Crippen LogP contribution is 2.30. The lowest BCUT2D eigenvalue weighted by Gasteiger charge is -2.24. The van der Waals surface area contributed by atoms with E-state index in [1.54, 1.807) is 18.8 Å². The van der Waals surface area contributed by atoms with Gasteiger partial charge in [0.05, 0.1) is 52.3 Å². The van der Waals surface area contributed by atoms with Gasteiger partial charge in [0, 0.05) is 26.3 Å². The number of halogens is 4. The van der Waals surface area contributed by atoms with Crippen molar-refractivity contribution in [3.8, 4) is 0 Å². The summed E-state index contributed by atoms with van der Waals surface area (Å²) in [6.45, 7) is 2.54. The number of fused-ring (bicyclic) bond motifs is 1. The van der Waals surface area contributed by atoms with Crippen LogP contribution in [-0.2, 0) is 12.3 Å². The van der Waals surface area contributed by atoms with Gasteiger partial charge in [0.25, 0.3) is 0 Å². The van der Waals surface area contributed by atoms with Gasteiger partial charge in [-0.05, 0) is 59.0 Å². The molecular formula is C22H27Cl4N5OS. The molecule has 0 saturated carbocycles. The van der Waals surface area contributed by atoms with Crippen LogP contribution >= 0.6 is 58.1 Å². The van der Waals surface area contributed by atoms with Crippen molar-refractivity contribution in [2.45, 2.75) is 12.3 Å². The number of benzene rings is 1. The van der Waals surface area contributed by atoms with Crippen LogP contribution in [0.5, 0.6) is 0 Å². The SMILES string of the molecule is CN(CCN(C)c1ccnc(CSCl)c1Cl)Cc1ccco1.Cl.Cl.c1ccc2[nH]cnc2c1. The zero-order valence-corrected chi connectivity index (χ0v) is 22.2. The van der Waals surface area contributed by atoms with Gasteiger partial charge in [-0.15, -0.1) is 24.8 Å². The Bertz CT molecular complexity index is 1030. The normalized spacial score (nSPS) is 10.2. The summed E-state index contributed by atoms with van der Waals surface area (Å²) in [7, 11) is 11.0. The first kappa shape index (κ1) is 29.4. The average molecular weight is 551 g/mol. The lowest BCUT2D eigenvalue weighted by Crippen LogP contribution is -2.30. The van der Waals surface area contributed by atoms with E-state index in [1.165, 1.54) is 11.0 Å². The summed E-state index contributed by atoms with van der Waals surface area (Å²) in [5.41, 5.74) is 3.91. The smallest absolute Gasteiger partial charge is 0.117 e. The number of furan rings is 1. The lowest BCUT2D eigenvalue weighted by atomic mass is 10.3. The summed E-state index contributed by atoms with van der Waals surface area (Å²) in [5, 5.41) is 0.673. The van der Waals surface area contributed by atoms with Crippen LogP contribution in [0.3, 0.4) is 0 Å². The molecule has 1 N–H and O–H groups in total. The number of pyridine rings is 1. The van der Waals surface area contributed by atoms with E-state index >= 15 is 0 Å². The van der Waals surface area contributed by atoms with Crippen molar-refractivity contribution >= 4 is 74.8 Å². The van der Waals surface area contributed by atoms with Crippen LogP contribution in [0.25, 0.3) is 11.0 Å². The number of anilines is 1. The molecule has 180 valence electrons. The van der Waals surface area contributed by atoms with Crippen LogP contribution in [0.15, 0.2) is 65.7 Å². The second kappa shape index (κ2) is 15.3. The van der Waals surface area contributed by atoms with Crippen LogP contribution in [0, 0.1) is 0 Å². The monoisotopic (exact) mass is 549 g/mol. The molecule has 3 heterocycles. The van der Waals surface area contributed by atoms with Gasteiger partial charge in [0.15, 0.2) is 0 Å². The predicted octanol–water partition coefficient (Wildman–Crippen LogP) is 6.69. The van der Waals surface area contributed by atoms with Crippen molar-refractivity contribution in [1.29, 1.82) is 0 Å². The summed E-state index contributed by atoms with van der Waals surface area (Å²) in [6, 6.07) is 13.8. The zero-order chi connectivity index (χ0) is 22.1. The Morgan fingerprint density at radius 1 is 1.03 bits per heavy atom. The molecule has 33 heavy (non-hydrogen) atoms. The first-order chi connectivity index (χ1) is 15.1. The van der Waals surface area contributed by atoms with E-state index in [1.807, 2.05) is 49.5 Å². The quantitative estimate of drug-likeness (QED) is 0.263. The lowest BCUT2D eigenvalue weighted by molar-refractivity contribution is 0.301. The molecule has 0 spiro atoms. The zero-order valence-electron chi connectivity index (χ0n) is 18.3. The number of aromatic nitrogens is 3. The highest BCUT2D eigenvalue weighted by atomic mass is 35.7. The summed E-state index contributed by atoms with van der Waals surface area (Å²) in [6.07, 6.45) is 5.17. The second-order valence-corrected chi connectivity index (χ2v) is 8.54. The van der Waals surface area contributed by atoms with Crippen LogP contribution in [-0.4, -0.2) is 47.0 Å². The second-order valence-electron chi connectivity index (χ2n) is 7.00. The molecule has 4 rings (SSSR count). The number of hydrogen-bond acceptors (Lipinski definition) is 6. The van der Waals surface area contributed by atoms with Gasteiger partial charge in [0.2, 0.25) is 0 Å². The number of nitrogens with one attached hydrogen (secondary N) is 1. The van der Waals surface area contributed by atoms with Crippen LogP contribution in [0.1, 0.15) is 11.5 Å². The predicted molar refractivity (Wildman–Crippen MR) is 145 cm³/mol. The number of para-hydroxylation sites is 2. The molecule has 4 aromatic rings. The molecule has 11 heteroatoms. The third-order valence-corrected chi connectivity index (χ3v) is 5.82. The third kappa shape index (κ3) is 8.92. The average Bonchev–Trinajstić information content (AvgIpc) is 3.46. The van der Waals surface area contributed by atoms with Gasteiger partial charge in [-0.25, -0.2) is 4.98 Å². The minimum Gasteiger partial charge on any atom is -0.468 e. The van der Waals surface area contributed by atoms with Crippen molar-refractivity contribution in [1.82, 2.24) is 19.9 Å². The summed E-state index contributed by atoms with van der Waals surface area (Å²) >= 11 is 6.41. The maximum Gasteiger partial charge on any atom is 0.117 e. The number of nitrogens with zero attached hydrogens (tertiary/aromatic N) is 4. The molecule has 0 bridgehead atoms. The molecular weight excluding hydrogens is 524 g/mol. The van der Waals surface area contributed by atoms with Crippen LogP contribution in [0.2, 0.25) is 5.02 Å². The Labute approximate surface area is 220 Å². The van der Waals surface area contributed by atoms with Crippen LogP contribution < -0.4 is 4.90 Å². The Kier molecular flexibility index (Phi) is 13.7. The number of likely N-dealkylation sites (N-methyl/N-ethyl adjacent to an activating group) is 2. The topological polar surface area (TPSA) is 61.2 Å². The molecule has 0 aliphatic rings. The highest BCUT2D eigenvalue weighted by Gasteiger charge is 2.12. The Morgan fingerprint density at radius 2 is 1.82 bits per heavy atom. The fourth-order valence-corrected chi connectivity index (χ4v) is 4.03. The molecule has 0 fully saturated rings. The third-order valence-electron chi connectivity index (χ3n) is 4.69. The molecule has 0 unspecified atom stereocenters. The molecule has 0 radical (unpaired) electrons. The minimum atomic E-state index is 0. The molecule has 0 saturated heterocycles. The van der Waals surface area contributed by atoms with E-state index in [-0.39, 0.29) is 24.8 Å². The van der Waals surface area contributed by atoms with E-state index in [0.717, 1.165) is 47.8 Å². The minimum absolute atomic E-state index is 0. The number of hydrogen-bond donors (Lipinski definition) is 1. The van der Waals surface area contributed by atoms with Gasteiger partial charge < -0.3 is 14.3 Å². The van der Waals surface area contributed by atoms with E-state index in [2.05, 4.69) is 31.8 Å². The molecule has 1 aromatic carbocycles. The van der Waals surface area contributed by atoms with Gasteiger partial charge >= 0.3 is 0 Å². The number of imidazole rings is 1. The summed E-state index contributed by atoms with van der Waals surface area (Å²) in [4.78, 5) is 15.7. The van der Waals surface area contributed by atoms with E-state index < -0.39 is 0 Å². The molecule has 0 atom stereocenters. The fraction of sp³-hybridized carbons (Fsp3) is 0.273. The van der Waals surface area contributed by atoms with Crippen molar-refractivity contribution in [3.05, 3.63) is 77.7 Å². The van der Waals surface area contributed by atoms with Crippen molar-refractivity contribution in [3.63, 3.8) is 0 Å². The molecule has 3 aromatic heterocycles. The maximum atomic E-state index is 6.41. The summed E-state index contributed by atoms with van der Waals surface area (Å²) in [5.74, 6) is 1.56. The van der Waals surface area contributed by atoms with Gasteiger partial charge in [-0.2, -0.15) is 0 Å². The van der Waals surface area contributed by atoms with Crippen molar-refractivity contribution in [2.24, 2.45) is 0 Å². The Balaban J connectivity index is 0.000000414. The fourth-order valence-electron chi connectivity index (χ4n) is 2.99. The van der Waals surface area contributed by atoms with Gasteiger partial charge in [-0.3, -0.25) is 9.88 Å². The Hall–Kier alpha value is -1.61. The maximum absolute atomic E-state index is 6.41. The van der Waals surface area contributed by atoms with E-state index in [4.69, 9.17) is 26.7 Å². The highest BCUT2D eigenvalue weighted by molar-refractivity contribution is 8.20. The number of rotatable bonds is 8. The molecule has 0 amide bonds. The van der Waals surface area contributed by atoms with Gasteiger partial charge in [0.1, 0.15) is 5.76 Å². The standard InChI is InChI=1S/C15H19Cl2N3OS.C7H6N2.2ClH/c1-19(10-12-4-3-9-21-12)7-8-20(2)14-5-6-18-13(11-22-17)15(14)16;1-2-4-7-6(3-1)8-5-9-7;;/h3-6,9H,7-8,10-11H2,1-2H3;1-5H,(H,8,9);2*1H. The van der Waals surface area contributed by atoms with Crippen molar-refractivity contribution in [2.75, 3.05) is 32.1 Å². The first-order valence-corrected chi connectivity index (χ1v) is 11.9. The Morgan fingerprint density at radius 3 is 2.52 bits per heavy atom. The van der Waals surface area contributed by atoms with Gasteiger partial charge in [-0.1, -0.05) is 23.7 Å². The number of aromatic amines is 1.